The van der Waals surface area contributed by atoms with E-state index in [0.717, 1.165) is 24.2 Å². The number of allylic oxidation sites excluding steroid dienone is 1. The first kappa shape index (κ1) is 23.0. The number of carbonyl (C=O) groups excluding carboxylic acids is 1. The number of nitrogens with zero attached hydrogens (tertiary/aromatic N) is 1. The molecule has 2 N–H and O–H groups in total. The molecule has 174 valence electrons. The molecular formula is C25H27NO7. The van der Waals surface area contributed by atoms with Gasteiger partial charge in [-0.05, 0) is 57.2 Å². The first-order valence-electron chi connectivity index (χ1n) is 11.0. The number of furan rings is 1. The molecule has 0 amide bonds. The van der Waals surface area contributed by atoms with Gasteiger partial charge in [-0.3, -0.25) is 4.79 Å². The highest BCUT2D eigenvalue weighted by Crippen LogP contribution is 2.32. The van der Waals surface area contributed by atoms with Gasteiger partial charge in [0.1, 0.15) is 35.4 Å². The van der Waals surface area contributed by atoms with E-state index in [1.165, 1.54) is 18.2 Å². The first-order chi connectivity index (χ1) is 15.8. The lowest BCUT2D eigenvalue weighted by Crippen LogP contribution is -2.24. The number of ketones is 1. The van der Waals surface area contributed by atoms with Gasteiger partial charge >= 0.3 is 5.63 Å². The van der Waals surface area contributed by atoms with Gasteiger partial charge in [-0.15, -0.1) is 0 Å². The fourth-order valence-corrected chi connectivity index (χ4v) is 4.01. The zero-order valence-electron chi connectivity index (χ0n) is 18.8. The maximum Gasteiger partial charge on any atom is 0.343 e. The van der Waals surface area contributed by atoms with Gasteiger partial charge in [0.05, 0.1) is 17.7 Å². The van der Waals surface area contributed by atoms with E-state index in [4.69, 9.17) is 13.6 Å². The van der Waals surface area contributed by atoms with Crippen LogP contribution in [0.15, 0.2) is 50.0 Å². The van der Waals surface area contributed by atoms with Crippen LogP contribution in [-0.4, -0.2) is 47.9 Å². The molecule has 8 heteroatoms. The van der Waals surface area contributed by atoms with Crippen molar-refractivity contribution in [2.75, 3.05) is 24.6 Å². The Hall–Kier alpha value is -3.20. The van der Waals surface area contributed by atoms with Crippen molar-refractivity contribution in [2.24, 2.45) is 0 Å². The number of aryl methyl sites for hydroxylation is 1. The highest BCUT2D eigenvalue weighted by atomic mass is 16.5. The topological polar surface area (TPSA) is 113 Å². The average Bonchev–Trinajstić information content (AvgIpc) is 3.34. The Balaban J connectivity index is 1.57. The van der Waals surface area contributed by atoms with Crippen LogP contribution in [0.5, 0.6) is 0 Å². The fraction of sp³-hybridized carbons (Fsp3) is 0.360. The maximum atomic E-state index is 12.7. The second-order valence-electron chi connectivity index (χ2n) is 8.01. The van der Waals surface area contributed by atoms with E-state index >= 15 is 0 Å². The highest BCUT2D eigenvalue weighted by molar-refractivity contribution is 6.07. The molecule has 0 spiro atoms. The number of carbonyl (C=O) groups is 1. The van der Waals surface area contributed by atoms with Crippen molar-refractivity contribution in [2.45, 2.75) is 39.1 Å². The van der Waals surface area contributed by atoms with Gasteiger partial charge in [0.2, 0.25) is 0 Å². The normalized spacial score (nSPS) is 20.7. The second kappa shape index (κ2) is 9.35. The summed E-state index contributed by atoms with van der Waals surface area (Å²) in [7, 11) is 0. The third kappa shape index (κ3) is 4.50. The van der Waals surface area contributed by atoms with Crippen molar-refractivity contribution >= 4 is 28.5 Å². The van der Waals surface area contributed by atoms with Crippen LogP contribution in [-0.2, 0) is 4.74 Å². The molecule has 33 heavy (non-hydrogen) atoms. The van der Waals surface area contributed by atoms with Crippen LogP contribution in [0.2, 0.25) is 0 Å². The van der Waals surface area contributed by atoms with Gasteiger partial charge in [-0.1, -0.05) is 0 Å². The molecule has 8 nitrogen and oxygen atoms in total. The van der Waals surface area contributed by atoms with E-state index in [1.54, 1.807) is 13.0 Å². The summed E-state index contributed by atoms with van der Waals surface area (Å²) in [5, 5.41) is 20.4. The lowest BCUT2D eigenvalue weighted by atomic mass is 10.1. The number of hydrogen-bond donors (Lipinski definition) is 2. The molecule has 3 aromatic rings. The lowest BCUT2D eigenvalue weighted by molar-refractivity contribution is 0.0117. The van der Waals surface area contributed by atoms with E-state index in [0.29, 0.717) is 11.3 Å². The first-order valence-corrected chi connectivity index (χ1v) is 11.0. The van der Waals surface area contributed by atoms with Crippen molar-refractivity contribution in [3.63, 3.8) is 0 Å². The number of anilines is 1. The Morgan fingerprint density at radius 2 is 1.91 bits per heavy atom. The van der Waals surface area contributed by atoms with E-state index in [-0.39, 0.29) is 29.3 Å². The Labute approximate surface area is 190 Å². The number of aliphatic hydroxyl groups excluding tert-OH is 2. The summed E-state index contributed by atoms with van der Waals surface area (Å²) in [6.07, 6.45) is -0.265. The molecule has 1 aliphatic rings. The molecule has 1 aliphatic heterocycles. The van der Waals surface area contributed by atoms with Crippen molar-refractivity contribution in [1.29, 1.82) is 0 Å². The fourth-order valence-electron chi connectivity index (χ4n) is 4.01. The number of ether oxygens (including phenoxy) is 1. The summed E-state index contributed by atoms with van der Waals surface area (Å²) in [5.74, 6) is 0.251. The Kier molecular flexibility index (Phi) is 6.51. The van der Waals surface area contributed by atoms with E-state index in [9.17, 15) is 19.8 Å². The smallest absolute Gasteiger partial charge is 0.343 e. The minimum Gasteiger partial charge on any atom is -0.463 e. The van der Waals surface area contributed by atoms with Crippen LogP contribution < -0.4 is 10.5 Å². The quantitative estimate of drug-likeness (QED) is 0.318. The van der Waals surface area contributed by atoms with Crippen molar-refractivity contribution < 1.29 is 28.6 Å². The van der Waals surface area contributed by atoms with Crippen LogP contribution in [0.4, 0.5) is 5.69 Å². The summed E-state index contributed by atoms with van der Waals surface area (Å²) in [6.45, 7) is 7.42. The second-order valence-corrected chi connectivity index (χ2v) is 8.01. The SMILES string of the molecule is CCN(CC)c1ccc2cc(/C=C/C(=O)c3cc([C@@H]4OC[C@@H](O)[C@H]4O)oc3C)c(=O)oc2c1. The Morgan fingerprint density at radius 3 is 2.58 bits per heavy atom. The molecule has 1 fully saturated rings. The standard InChI is InChI=1S/C25H27NO7/c1-4-26(5-2)17-8-6-15-10-16(25(30)33-21(15)11-17)7-9-19(27)18-12-22(32-14(18)3)24-23(29)20(28)13-31-24/h6-12,20,23-24,28-29H,4-5,13H2,1-3H3/b9-7+/t20-,23-,24+/m1/s1. The predicted octanol–water partition coefficient (Wildman–Crippen LogP) is 3.23. The molecule has 0 aliphatic carbocycles. The molecular weight excluding hydrogens is 426 g/mol. The number of benzene rings is 1. The summed E-state index contributed by atoms with van der Waals surface area (Å²) in [4.78, 5) is 27.4. The molecule has 3 heterocycles. The summed E-state index contributed by atoms with van der Waals surface area (Å²) in [5.41, 5.74) is 1.46. The molecule has 0 saturated carbocycles. The predicted molar refractivity (Wildman–Crippen MR) is 124 cm³/mol. The zero-order chi connectivity index (χ0) is 23.7. The van der Waals surface area contributed by atoms with Crippen LogP contribution in [0, 0.1) is 6.92 Å². The Bertz CT molecular complexity index is 1250. The zero-order valence-corrected chi connectivity index (χ0v) is 18.8. The summed E-state index contributed by atoms with van der Waals surface area (Å²) < 4.78 is 16.4. The largest absolute Gasteiger partial charge is 0.463 e. The number of aliphatic hydroxyl groups is 2. The molecule has 1 saturated heterocycles. The molecule has 2 aromatic heterocycles. The van der Waals surface area contributed by atoms with Crippen molar-refractivity contribution in [1.82, 2.24) is 0 Å². The molecule has 0 radical (unpaired) electrons. The Morgan fingerprint density at radius 1 is 1.15 bits per heavy atom. The highest BCUT2D eigenvalue weighted by Gasteiger charge is 2.38. The van der Waals surface area contributed by atoms with Crippen LogP contribution in [0.1, 0.15) is 47.4 Å². The third-order valence-corrected chi connectivity index (χ3v) is 5.92. The molecule has 0 bridgehead atoms. The lowest BCUT2D eigenvalue weighted by Gasteiger charge is -2.20. The van der Waals surface area contributed by atoms with Gasteiger partial charge in [0, 0.05) is 30.2 Å². The van der Waals surface area contributed by atoms with Crippen molar-refractivity contribution in [3.8, 4) is 0 Å². The number of hydrogen-bond acceptors (Lipinski definition) is 8. The van der Waals surface area contributed by atoms with Gasteiger partial charge < -0.3 is 28.7 Å². The maximum absolute atomic E-state index is 12.7. The number of rotatable bonds is 7. The molecule has 1 aromatic carbocycles. The van der Waals surface area contributed by atoms with Crippen LogP contribution in [0.25, 0.3) is 17.0 Å². The minimum absolute atomic E-state index is 0.0110. The third-order valence-electron chi connectivity index (χ3n) is 5.92. The molecule has 4 rings (SSSR count). The minimum atomic E-state index is -1.13. The monoisotopic (exact) mass is 453 g/mol. The van der Waals surface area contributed by atoms with Crippen LogP contribution >= 0.6 is 0 Å². The van der Waals surface area contributed by atoms with Crippen molar-refractivity contribution in [3.05, 3.63) is 69.5 Å². The van der Waals surface area contributed by atoms with E-state index < -0.39 is 23.9 Å². The van der Waals surface area contributed by atoms with Crippen LogP contribution in [0.3, 0.4) is 0 Å². The number of fused-ring (bicyclic) bond motifs is 1. The van der Waals surface area contributed by atoms with E-state index in [1.807, 2.05) is 18.2 Å². The van der Waals surface area contributed by atoms with Gasteiger partial charge in [0.15, 0.2) is 5.78 Å². The molecule has 3 atom stereocenters. The van der Waals surface area contributed by atoms with Gasteiger partial charge in [0.25, 0.3) is 0 Å². The van der Waals surface area contributed by atoms with Gasteiger partial charge in [-0.2, -0.15) is 0 Å². The summed E-state index contributed by atoms with van der Waals surface area (Å²) in [6, 6.07) is 8.88. The molecule has 0 unspecified atom stereocenters. The average molecular weight is 453 g/mol. The summed E-state index contributed by atoms with van der Waals surface area (Å²) >= 11 is 0. The van der Waals surface area contributed by atoms with Gasteiger partial charge in [-0.25, -0.2) is 4.79 Å². The van der Waals surface area contributed by atoms with E-state index in [2.05, 4.69) is 18.7 Å².